The summed E-state index contributed by atoms with van der Waals surface area (Å²) < 4.78 is 4.92. The predicted octanol–water partition coefficient (Wildman–Crippen LogP) is 1.52. The molecule has 24 heavy (non-hydrogen) atoms. The number of aromatic amines is 1. The van der Waals surface area contributed by atoms with Gasteiger partial charge in [-0.25, -0.2) is 0 Å². The highest BCUT2D eigenvalue weighted by Gasteiger charge is 2.26. The molecular weight excluding hydrogens is 306 g/mol. The molecule has 1 saturated heterocycles. The van der Waals surface area contributed by atoms with E-state index in [1.807, 2.05) is 31.1 Å². The van der Waals surface area contributed by atoms with Gasteiger partial charge in [0.05, 0.1) is 23.3 Å². The lowest BCUT2D eigenvalue weighted by Crippen LogP contribution is -2.31. The molecule has 0 radical (unpaired) electrons. The summed E-state index contributed by atoms with van der Waals surface area (Å²) in [6.07, 6.45) is 5.48. The van der Waals surface area contributed by atoms with E-state index in [2.05, 4.69) is 20.2 Å². The van der Waals surface area contributed by atoms with E-state index in [-0.39, 0.29) is 12.5 Å². The molecular formula is C17H23N5O2. The fourth-order valence-electron chi connectivity index (χ4n) is 3.25. The lowest BCUT2D eigenvalue weighted by Gasteiger charge is -2.15. The van der Waals surface area contributed by atoms with Crippen LogP contribution in [0.4, 0.5) is 0 Å². The Morgan fingerprint density at radius 3 is 2.83 bits per heavy atom. The van der Waals surface area contributed by atoms with Crippen molar-refractivity contribution in [1.82, 2.24) is 25.1 Å². The number of H-pyrrole nitrogens is 1. The third kappa shape index (κ3) is 3.46. The van der Waals surface area contributed by atoms with Crippen molar-refractivity contribution in [2.24, 2.45) is 5.92 Å². The van der Waals surface area contributed by atoms with Gasteiger partial charge in [-0.05, 0) is 32.6 Å². The normalized spacial score (nSPS) is 17.5. The Kier molecular flexibility index (Phi) is 4.89. The largest absolute Gasteiger partial charge is 0.375 e. The van der Waals surface area contributed by atoms with Crippen molar-refractivity contribution >= 4 is 5.91 Å². The number of hydrogen-bond acceptors (Lipinski definition) is 5. The van der Waals surface area contributed by atoms with Gasteiger partial charge in [-0.2, -0.15) is 5.10 Å². The number of carbonyl (C=O) groups is 1. The summed E-state index contributed by atoms with van der Waals surface area (Å²) in [5, 5.41) is 7.17. The van der Waals surface area contributed by atoms with Gasteiger partial charge >= 0.3 is 0 Å². The Labute approximate surface area is 141 Å². The van der Waals surface area contributed by atoms with Crippen molar-refractivity contribution in [3.05, 3.63) is 29.5 Å². The fourth-order valence-corrected chi connectivity index (χ4v) is 3.25. The monoisotopic (exact) mass is 329 g/mol. The van der Waals surface area contributed by atoms with Crippen LogP contribution in [0.3, 0.4) is 0 Å². The molecule has 1 aliphatic rings. The fraction of sp³-hybridized carbons (Fsp3) is 0.529. The number of hydrogen-bond donors (Lipinski definition) is 1. The van der Waals surface area contributed by atoms with E-state index in [0.29, 0.717) is 5.92 Å². The summed E-state index contributed by atoms with van der Waals surface area (Å²) in [5.74, 6) is 0.496. The number of likely N-dealkylation sites (tertiary alicyclic amines) is 1. The van der Waals surface area contributed by atoms with Gasteiger partial charge < -0.3 is 9.64 Å². The lowest BCUT2D eigenvalue weighted by molar-refractivity contribution is -0.134. The van der Waals surface area contributed by atoms with Gasteiger partial charge in [0.25, 0.3) is 0 Å². The Hall–Kier alpha value is -2.28. The third-order valence-corrected chi connectivity index (χ3v) is 4.49. The number of aryl methyl sites for hydroxylation is 2. The molecule has 1 fully saturated rings. The maximum Gasteiger partial charge on any atom is 0.248 e. The van der Waals surface area contributed by atoms with Crippen LogP contribution in [-0.4, -0.2) is 57.8 Å². The topological polar surface area (TPSA) is 84.0 Å². The van der Waals surface area contributed by atoms with Crippen molar-refractivity contribution in [3.8, 4) is 11.3 Å². The number of nitrogens with one attached hydrogen (secondary N) is 1. The smallest absolute Gasteiger partial charge is 0.248 e. The minimum Gasteiger partial charge on any atom is -0.375 e. The second-order valence-electron chi connectivity index (χ2n) is 6.33. The van der Waals surface area contributed by atoms with Crippen LogP contribution in [0.2, 0.25) is 0 Å². The van der Waals surface area contributed by atoms with Gasteiger partial charge in [-0.3, -0.25) is 19.9 Å². The lowest BCUT2D eigenvalue weighted by atomic mass is 10.0. The molecule has 0 spiro atoms. The number of nitrogens with zero attached hydrogens (tertiary/aromatic N) is 4. The average Bonchev–Trinajstić information content (AvgIpc) is 3.16. The van der Waals surface area contributed by atoms with E-state index in [4.69, 9.17) is 4.74 Å². The van der Waals surface area contributed by atoms with Crippen molar-refractivity contribution in [3.63, 3.8) is 0 Å². The van der Waals surface area contributed by atoms with Crippen LogP contribution in [0.25, 0.3) is 11.3 Å². The summed E-state index contributed by atoms with van der Waals surface area (Å²) in [4.78, 5) is 22.8. The minimum absolute atomic E-state index is 0.0624. The summed E-state index contributed by atoms with van der Waals surface area (Å²) in [6, 6.07) is 0. The van der Waals surface area contributed by atoms with Crippen LogP contribution in [0.5, 0.6) is 0 Å². The Morgan fingerprint density at radius 1 is 1.38 bits per heavy atom. The first kappa shape index (κ1) is 16.6. The SMILES string of the molecule is COCC(=O)N1CC[C@H](Cc2cnc(-c3c(C)n[nH]c3C)cn2)C1. The maximum atomic E-state index is 11.8. The quantitative estimate of drug-likeness (QED) is 0.899. The summed E-state index contributed by atoms with van der Waals surface area (Å²) in [6.45, 7) is 5.66. The molecule has 1 N–H and O–H groups in total. The molecule has 128 valence electrons. The molecule has 7 heteroatoms. The van der Waals surface area contributed by atoms with Gasteiger partial charge in [0.1, 0.15) is 6.61 Å². The van der Waals surface area contributed by atoms with E-state index in [1.54, 1.807) is 7.11 Å². The van der Waals surface area contributed by atoms with Crippen molar-refractivity contribution in [2.75, 3.05) is 26.8 Å². The number of carbonyl (C=O) groups excluding carboxylic acids is 1. The minimum atomic E-state index is 0.0624. The zero-order chi connectivity index (χ0) is 17.1. The van der Waals surface area contributed by atoms with Crippen molar-refractivity contribution in [2.45, 2.75) is 26.7 Å². The van der Waals surface area contributed by atoms with E-state index >= 15 is 0 Å². The van der Waals surface area contributed by atoms with E-state index in [0.717, 1.165) is 54.3 Å². The molecule has 1 amide bonds. The Balaban J connectivity index is 1.62. The average molecular weight is 329 g/mol. The van der Waals surface area contributed by atoms with E-state index < -0.39 is 0 Å². The second-order valence-corrected chi connectivity index (χ2v) is 6.33. The van der Waals surface area contributed by atoms with Crippen molar-refractivity contribution in [1.29, 1.82) is 0 Å². The number of methoxy groups -OCH3 is 1. The van der Waals surface area contributed by atoms with E-state index in [1.165, 1.54) is 0 Å². The predicted molar refractivity (Wildman–Crippen MR) is 89.4 cm³/mol. The molecule has 2 aromatic rings. The highest BCUT2D eigenvalue weighted by molar-refractivity contribution is 5.77. The molecule has 3 heterocycles. The van der Waals surface area contributed by atoms with Gasteiger partial charge in [-0.15, -0.1) is 0 Å². The molecule has 0 aliphatic carbocycles. The van der Waals surface area contributed by atoms with E-state index in [9.17, 15) is 4.79 Å². The molecule has 0 aromatic carbocycles. The number of amides is 1. The standard InChI is InChI=1S/C17H23N5O2/c1-11-17(12(2)21-20-11)15-8-18-14(7-19-15)6-13-4-5-22(9-13)16(23)10-24-3/h7-8,13H,4-6,9-10H2,1-3H3,(H,20,21)/t13-/m1/s1. The van der Waals surface area contributed by atoms with Crippen LogP contribution in [0, 0.1) is 19.8 Å². The number of aromatic nitrogens is 4. The van der Waals surface area contributed by atoms with Crippen LogP contribution in [0.15, 0.2) is 12.4 Å². The molecule has 1 aliphatic heterocycles. The molecule has 2 aromatic heterocycles. The molecule has 0 unspecified atom stereocenters. The van der Waals surface area contributed by atoms with Crippen molar-refractivity contribution < 1.29 is 9.53 Å². The number of rotatable bonds is 5. The molecule has 0 saturated carbocycles. The molecule has 1 atom stereocenters. The summed E-state index contributed by atoms with van der Waals surface area (Å²) >= 11 is 0. The first-order chi connectivity index (χ1) is 11.6. The first-order valence-corrected chi connectivity index (χ1v) is 8.18. The second kappa shape index (κ2) is 7.09. The molecule has 3 rings (SSSR count). The zero-order valence-electron chi connectivity index (χ0n) is 14.4. The van der Waals surface area contributed by atoms with Gasteiger partial charge in [0, 0.05) is 37.7 Å². The van der Waals surface area contributed by atoms with Gasteiger partial charge in [0.15, 0.2) is 0 Å². The highest BCUT2D eigenvalue weighted by atomic mass is 16.5. The first-order valence-electron chi connectivity index (χ1n) is 8.18. The zero-order valence-corrected chi connectivity index (χ0v) is 14.4. The Morgan fingerprint density at radius 2 is 2.21 bits per heavy atom. The summed E-state index contributed by atoms with van der Waals surface area (Å²) in [7, 11) is 1.55. The number of ether oxygens (including phenoxy) is 1. The maximum absolute atomic E-state index is 11.8. The van der Waals surface area contributed by atoms with Gasteiger partial charge in [-0.1, -0.05) is 0 Å². The molecule has 0 bridgehead atoms. The van der Waals surface area contributed by atoms with Crippen LogP contribution < -0.4 is 0 Å². The Bertz CT molecular complexity index is 691. The van der Waals surface area contributed by atoms with Crippen LogP contribution in [0.1, 0.15) is 23.5 Å². The third-order valence-electron chi connectivity index (χ3n) is 4.49. The summed E-state index contributed by atoms with van der Waals surface area (Å²) in [5.41, 5.74) is 4.75. The van der Waals surface area contributed by atoms with Crippen LogP contribution >= 0.6 is 0 Å². The highest BCUT2D eigenvalue weighted by Crippen LogP contribution is 2.24. The van der Waals surface area contributed by atoms with Gasteiger partial charge in [0.2, 0.25) is 5.91 Å². The van der Waals surface area contributed by atoms with Crippen LogP contribution in [-0.2, 0) is 16.0 Å². The molecule has 7 nitrogen and oxygen atoms in total.